The maximum Gasteiger partial charge on any atom is 0.124 e. The molecular weight excluding hydrogens is 318 g/mol. The van der Waals surface area contributed by atoms with Crippen LogP contribution >= 0.6 is 11.5 Å². The molecule has 0 saturated carbocycles. The van der Waals surface area contributed by atoms with Crippen LogP contribution in [0.3, 0.4) is 0 Å². The number of likely N-dealkylation sites (N-methyl/N-ethyl adjacent to an activating group) is 1. The van der Waals surface area contributed by atoms with Gasteiger partial charge in [0.05, 0.1) is 12.6 Å². The molecule has 1 aliphatic rings. The molecule has 1 aliphatic heterocycles. The Kier molecular flexibility index (Phi) is 5.87. The van der Waals surface area contributed by atoms with Gasteiger partial charge in [-0.25, -0.2) is 4.37 Å². The molecule has 4 nitrogen and oxygen atoms in total. The minimum atomic E-state index is 0.231. The van der Waals surface area contributed by atoms with Gasteiger partial charge < -0.3 is 9.64 Å². The highest BCUT2D eigenvalue weighted by molar-refractivity contribution is 7.05. The summed E-state index contributed by atoms with van der Waals surface area (Å²) in [6.45, 7) is 9.45. The lowest BCUT2D eigenvalue weighted by atomic mass is 10.0. The number of aromatic nitrogens is 1. The lowest BCUT2D eigenvalue weighted by Crippen LogP contribution is -2.46. The van der Waals surface area contributed by atoms with Crippen molar-refractivity contribution in [2.24, 2.45) is 5.92 Å². The summed E-state index contributed by atoms with van der Waals surface area (Å²) in [6.07, 6.45) is 1.90. The molecule has 1 unspecified atom stereocenters. The Morgan fingerprint density at radius 1 is 1.12 bits per heavy atom. The number of rotatable bonds is 6. The fraction of sp³-hybridized carbons (Fsp3) is 0.526. The highest BCUT2D eigenvalue weighted by Gasteiger charge is 2.28. The van der Waals surface area contributed by atoms with Crippen molar-refractivity contribution >= 4 is 11.5 Å². The van der Waals surface area contributed by atoms with Crippen LogP contribution in [0.1, 0.15) is 30.3 Å². The monoisotopic (exact) mass is 345 g/mol. The molecular formula is C19H27N3OS. The molecule has 0 bridgehead atoms. The Labute approximate surface area is 149 Å². The van der Waals surface area contributed by atoms with Gasteiger partial charge in [-0.2, -0.15) is 0 Å². The van der Waals surface area contributed by atoms with Crippen molar-refractivity contribution in [3.05, 3.63) is 47.0 Å². The van der Waals surface area contributed by atoms with E-state index in [4.69, 9.17) is 4.74 Å². The molecule has 1 atom stereocenters. The van der Waals surface area contributed by atoms with E-state index in [9.17, 15) is 0 Å². The molecule has 5 heteroatoms. The SMILES string of the molecule is CC(C)COc1ccccc1C(c1ccns1)N1CCN(C)CC1. The van der Waals surface area contributed by atoms with Gasteiger partial charge in [0, 0.05) is 42.8 Å². The predicted octanol–water partition coefficient (Wildman–Crippen LogP) is 3.51. The molecule has 3 rings (SSSR count). The molecule has 24 heavy (non-hydrogen) atoms. The maximum atomic E-state index is 6.14. The Morgan fingerprint density at radius 3 is 2.54 bits per heavy atom. The van der Waals surface area contributed by atoms with E-state index in [1.54, 1.807) is 11.5 Å². The van der Waals surface area contributed by atoms with Crippen LogP contribution in [0, 0.1) is 5.92 Å². The summed E-state index contributed by atoms with van der Waals surface area (Å²) in [6, 6.07) is 10.9. The largest absolute Gasteiger partial charge is 0.493 e. The van der Waals surface area contributed by atoms with Gasteiger partial charge in [0.25, 0.3) is 0 Å². The van der Waals surface area contributed by atoms with Crippen molar-refractivity contribution in [2.45, 2.75) is 19.9 Å². The molecule has 1 aromatic carbocycles. The van der Waals surface area contributed by atoms with E-state index < -0.39 is 0 Å². The first-order valence-corrected chi connectivity index (χ1v) is 9.47. The summed E-state index contributed by atoms with van der Waals surface area (Å²) in [5, 5.41) is 0. The molecule has 0 amide bonds. The van der Waals surface area contributed by atoms with E-state index >= 15 is 0 Å². The van der Waals surface area contributed by atoms with Gasteiger partial charge >= 0.3 is 0 Å². The van der Waals surface area contributed by atoms with E-state index in [0.717, 1.165) is 38.5 Å². The molecule has 0 aliphatic carbocycles. The number of hydrogen-bond acceptors (Lipinski definition) is 5. The predicted molar refractivity (Wildman–Crippen MR) is 99.8 cm³/mol. The molecule has 1 aromatic heterocycles. The van der Waals surface area contributed by atoms with Gasteiger partial charge in [-0.1, -0.05) is 32.0 Å². The van der Waals surface area contributed by atoms with E-state index in [2.05, 4.69) is 65.4 Å². The summed E-state index contributed by atoms with van der Waals surface area (Å²) in [5.74, 6) is 1.52. The van der Waals surface area contributed by atoms with Crippen molar-refractivity contribution in [3.8, 4) is 5.75 Å². The fourth-order valence-corrected chi connectivity index (χ4v) is 3.81. The van der Waals surface area contributed by atoms with Crippen LogP contribution in [-0.2, 0) is 0 Å². The lowest BCUT2D eigenvalue weighted by Gasteiger charge is -2.38. The van der Waals surface area contributed by atoms with E-state index in [1.165, 1.54) is 10.4 Å². The Balaban J connectivity index is 1.91. The molecule has 1 fully saturated rings. The smallest absolute Gasteiger partial charge is 0.124 e. The van der Waals surface area contributed by atoms with Gasteiger partial charge in [0.2, 0.25) is 0 Å². The zero-order valence-corrected chi connectivity index (χ0v) is 15.6. The zero-order chi connectivity index (χ0) is 16.9. The molecule has 130 valence electrons. The second-order valence-corrected chi connectivity index (χ2v) is 7.76. The van der Waals surface area contributed by atoms with Crippen molar-refractivity contribution in [1.29, 1.82) is 0 Å². The zero-order valence-electron chi connectivity index (χ0n) is 14.8. The van der Waals surface area contributed by atoms with Crippen LogP contribution in [0.25, 0.3) is 0 Å². The first-order chi connectivity index (χ1) is 11.6. The minimum absolute atomic E-state index is 0.231. The van der Waals surface area contributed by atoms with Crippen LogP contribution in [0.2, 0.25) is 0 Å². The summed E-state index contributed by atoms with van der Waals surface area (Å²) in [7, 11) is 2.19. The van der Waals surface area contributed by atoms with Gasteiger partial charge in [-0.15, -0.1) is 0 Å². The Bertz CT molecular complexity index is 621. The number of piperazine rings is 1. The third kappa shape index (κ3) is 4.15. The first-order valence-electron chi connectivity index (χ1n) is 8.70. The average molecular weight is 346 g/mol. The topological polar surface area (TPSA) is 28.6 Å². The standard InChI is InChI=1S/C19H27N3OS/c1-15(2)14-23-17-7-5-4-6-16(17)19(18-8-9-20-24-18)22-12-10-21(3)11-13-22/h4-9,15,19H,10-14H2,1-3H3. The van der Waals surface area contributed by atoms with Crippen LogP contribution in [0.5, 0.6) is 5.75 Å². The molecule has 2 heterocycles. The summed E-state index contributed by atoms with van der Waals surface area (Å²) in [4.78, 5) is 6.24. The Hall–Kier alpha value is -1.43. The van der Waals surface area contributed by atoms with Crippen LogP contribution in [0.15, 0.2) is 36.5 Å². The van der Waals surface area contributed by atoms with E-state index in [1.807, 2.05) is 6.20 Å². The van der Waals surface area contributed by atoms with Gasteiger partial charge in [-0.05, 0) is 36.6 Å². The van der Waals surface area contributed by atoms with Crippen molar-refractivity contribution in [1.82, 2.24) is 14.2 Å². The Morgan fingerprint density at radius 2 is 1.88 bits per heavy atom. The molecule has 0 spiro atoms. The van der Waals surface area contributed by atoms with Crippen molar-refractivity contribution < 1.29 is 4.74 Å². The first kappa shape index (κ1) is 17.4. The molecule has 0 radical (unpaired) electrons. The molecule has 1 saturated heterocycles. The third-order valence-electron chi connectivity index (χ3n) is 4.42. The summed E-state index contributed by atoms with van der Waals surface area (Å²) >= 11 is 1.59. The van der Waals surface area contributed by atoms with Gasteiger partial charge in [-0.3, -0.25) is 4.90 Å². The van der Waals surface area contributed by atoms with E-state index in [0.29, 0.717) is 5.92 Å². The van der Waals surface area contributed by atoms with E-state index in [-0.39, 0.29) is 6.04 Å². The molecule has 0 N–H and O–H groups in total. The average Bonchev–Trinajstić information content (AvgIpc) is 3.10. The maximum absolute atomic E-state index is 6.14. The number of benzene rings is 1. The van der Waals surface area contributed by atoms with Crippen molar-refractivity contribution in [2.75, 3.05) is 39.8 Å². The highest BCUT2D eigenvalue weighted by Crippen LogP contribution is 2.36. The summed E-state index contributed by atoms with van der Waals surface area (Å²) in [5.41, 5.74) is 1.26. The van der Waals surface area contributed by atoms with Crippen molar-refractivity contribution in [3.63, 3.8) is 0 Å². The van der Waals surface area contributed by atoms with Gasteiger partial charge in [0.1, 0.15) is 5.75 Å². The second-order valence-electron chi connectivity index (χ2n) is 6.90. The minimum Gasteiger partial charge on any atom is -0.493 e. The molecule has 2 aromatic rings. The third-order valence-corrected chi connectivity index (χ3v) is 5.21. The fourth-order valence-electron chi connectivity index (χ4n) is 3.07. The number of nitrogens with zero attached hydrogens (tertiary/aromatic N) is 3. The number of hydrogen-bond donors (Lipinski definition) is 0. The normalized spacial score (nSPS) is 18.0. The highest BCUT2D eigenvalue weighted by atomic mass is 32.1. The van der Waals surface area contributed by atoms with Gasteiger partial charge in [0.15, 0.2) is 0 Å². The van der Waals surface area contributed by atoms with Crippen LogP contribution < -0.4 is 4.74 Å². The van der Waals surface area contributed by atoms with Crippen LogP contribution in [-0.4, -0.2) is 54.0 Å². The summed E-state index contributed by atoms with van der Waals surface area (Å²) < 4.78 is 10.5. The van der Waals surface area contributed by atoms with Crippen LogP contribution in [0.4, 0.5) is 0 Å². The number of para-hydroxylation sites is 1. The number of ether oxygens (including phenoxy) is 1. The lowest BCUT2D eigenvalue weighted by molar-refractivity contribution is 0.126. The quantitative estimate of drug-likeness (QED) is 0.801. The second kappa shape index (κ2) is 8.10.